The molecule has 1 atom stereocenters. The highest BCUT2D eigenvalue weighted by atomic mass is 35.5. The molecule has 0 saturated carbocycles. The van der Waals surface area contributed by atoms with Crippen LogP contribution in [0.2, 0.25) is 5.02 Å². The lowest BCUT2D eigenvalue weighted by atomic mass is 9.99. The molecule has 9 heteroatoms. The van der Waals surface area contributed by atoms with Crippen LogP contribution in [-0.2, 0) is 16.1 Å². The molecule has 0 radical (unpaired) electrons. The smallest absolute Gasteiger partial charge is 0.240 e. The first-order valence-corrected chi connectivity index (χ1v) is 14.2. The van der Waals surface area contributed by atoms with Crippen LogP contribution in [0, 0.1) is 0 Å². The van der Waals surface area contributed by atoms with Crippen LogP contribution < -0.4 is 10.2 Å². The molecule has 1 unspecified atom stereocenters. The fourth-order valence-electron chi connectivity index (χ4n) is 4.81. The molecule has 2 amide bonds. The predicted molar refractivity (Wildman–Crippen MR) is 158 cm³/mol. The summed E-state index contributed by atoms with van der Waals surface area (Å²) < 4.78 is 7.12. The van der Waals surface area contributed by atoms with Crippen molar-refractivity contribution in [1.29, 1.82) is 0 Å². The number of rotatable bonds is 7. The summed E-state index contributed by atoms with van der Waals surface area (Å²) in [6.07, 6.45) is 1.56. The van der Waals surface area contributed by atoms with Crippen molar-refractivity contribution in [3.8, 4) is 16.9 Å². The van der Waals surface area contributed by atoms with Gasteiger partial charge < -0.3 is 9.73 Å². The van der Waals surface area contributed by atoms with Gasteiger partial charge in [-0.1, -0.05) is 78.3 Å². The van der Waals surface area contributed by atoms with Gasteiger partial charge in [-0.2, -0.15) is 5.10 Å². The Hall–Kier alpha value is -4.27. The van der Waals surface area contributed by atoms with Gasteiger partial charge in [-0.3, -0.25) is 14.5 Å². The normalized spacial score (nSPS) is 15.0. The van der Waals surface area contributed by atoms with Crippen molar-refractivity contribution in [3.05, 3.63) is 125 Å². The second kappa shape index (κ2) is 11.5. The van der Waals surface area contributed by atoms with E-state index in [0.717, 1.165) is 28.1 Å². The van der Waals surface area contributed by atoms with Gasteiger partial charge in [0.2, 0.25) is 11.8 Å². The summed E-state index contributed by atoms with van der Waals surface area (Å²) in [6.45, 7) is 0.0556. The standard InChI is InChI=1S/C31H25ClN4O3S/c32-25-16-8-7-15-24(25)30-28-29(21-10-3-1-4-11-21)34-36(22-12-5-2-6-13-22)31(28)35(27(38)20-40-30)19-26(37)33-18-23-14-9-17-39-23/h1-17,30H,18-20H2,(H,33,37). The molecule has 1 aliphatic heterocycles. The summed E-state index contributed by atoms with van der Waals surface area (Å²) in [5.74, 6) is 0.855. The lowest BCUT2D eigenvalue weighted by Crippen LogP contribution is -2.42. The zero-order valence-electron chi connectivity index (χ0n) is 21.4. The minimum absolute atomic E-state index is 0.166. The van der Waals surface area contributed by atoms with Gasteiger partial charge in [0.1, 0.15) is 18.1 Å². The second-order valence-electron chi connectivity index (χ2n) is 9.25. The average Bonchev–Trinajstić information content (AvgIpc) is 3.63. The summed E-state index contributed by atoms with van der Waals surface area (Å²) in [4.78, 5) is 28.5. The van der Waals surface area contributed by atoms with Gasteiger partial charge in [-0.25, -0.2) is 4.68 Å². The number of thioether (sulfide) groups is 1. The molecule has 200 valence electrons. The number of halogens is 1. The van der Waals surface area contributed by atoms with Crippen molar-refractivity contribution in [2.24, 2.45) is 0 Å². The van der Waals surface area contributed by atoms with E-state index in [2.05, 4.69) is 5.32 Å². The number of benzene rings is 3. The Labute approximate surface area is 240 Å². The van der Waals surface area contributed by atoms with Gasteiger partial charge in [-0.05, 0) is 35.9 Å². The number of para-hydroxylation sites is 1. The third-order valence-corrected chi connectivity index (χ3v) is 8.25. The molecule has 2 aromatic heterocycles. The van der Waals surface area contributed by atoms with E-state index in [4.69, 9.17) is 21.1 Å². The van der Waals surface area contributed by atoms with Crippen LogP contribution in [0.4, 0.5) is 5.82 Å². The van der Waals surface area contributed by atoms with Crippen LogP contribution in [0.1, 0.15) is 22.1 Å². The molecule has 6 rings (SSSR count). The third-order valence-electron chi connectivity index (χ3n) is 6.67. The first-order chi connectivity index (χ1) is 19.6. The molecule has 0 saturated heterocycles. The lowest BCUT2D eigenvalue weighted by molar-refractivity contribution is -0.123. The minimum Gasteiger partial charge on any atom is -0.467 e. The Morgan fingerprint density at radius 1 is 0.975 bits per heavy atom. The first kappa shape index (κ1) is 26.0. The summed E-state index contributed by atoms with van der Waals surface area (Å²) in [5, 5.41) is 8.26. The minimum atomic E-state index is -0.307. The number of carbonyl (C=O) groups excluding carboxylic acids is 2. The topological polar surface area (TPSA) is 80.4 Å². The molecule has 5 aromatic rings. The van der Waals surface area contributed by atoms with Crippen molar-refractivity contribution in [1.82, 2.24) is 15.1 Å². The second-order valence-corrected chi connectivity index (χ2v) is 10.7. The number of carbonyl (C=O) groups is 2. The molecule has 40 heavy (non-hydrogen) atoms. The number of hydrogen-bond acceptors (Lipinski definition) is 5. The number of amides is 2. The molecule has 0 spiro atoms. The van der Waals surface area contributed by atoms with Crippen molar-refractivity contribution in [3.63, 3.8) is 0 Å². The van der Waals surface area contributed by atoms with Gasteiger partial charge >= 0.3 is 0 Å². The van der Waals surface area contributed by atoms with Crippen LogP contribution in [-0.4, -0.2) is 33.9 Å². The van der Waals surface area contributed by atoms with E-state index >= 15 is 0 Å². The van der Waals surface area contributed by atoms with Crippen LogP contribution in [0.5, 0.6) is 0 Å². The maximum atomic E-state index is 13.8. The van der Waals surface area contributed by atoms with Crippen LogP contribution in [0.25, 0.3) is 16.9 Å². The van der Waals surface area contributed by atoms with E-state index in [1.54, 1.807) is 28.0 Å². The number of nitrogens with one attached hydrogen (secondary N) is 1. The number of hydrogen-bond donors (Lipinski definition) is 1. The molecule has 0 aliphatic carbocycles. The SMILES string of the molecule is O=C(CN1C(=O)CSC(c2ccccc2Cl)c2c(-c3ccccc3)nn(-c3ccccc3)c21)NCc1ccco1. The number of fused-ring (bicyclic) bond motifs is 1. The number of aromatic nitrogens is 2. The highest BCUT2D eigenvalue weighted by molar-refractivity contribution is 8.00. The number of nitrogens with zero attached hydrogens (tertiary/aromatic N) is 3. The van der Waals surface area contributed by atoms with Crippen LogP contribution >= 0.6 is 23.4 Å². The molecule has 1 aliphatic rings. The highest BCUT2D eigenvalue weighted by Gasteiger charge is 2.38. The van der Waals surface area contributed by atoms with E-state index < -0.39 is 0 Å². The fourth-order valence-corrected chi connectivity index (χ4v) is 6.35. The zero-order valence-corrected chi connectivity index (χ0v) is 22.9. The number of furan rings is 1. The molecule has 3 aromatic carbocycles. The van der Waals surface area contributed by atoms with E-state index in [0.29, 0.717) is 16.6 Å². The Bertz CT molecular complexity index is 1640. The van der Waals surface area contributed by atoms with Crippen molar-refractivity contribution in [2.75, 3.05) is 17.2 Å². The Kier molecular flexibility index (Phi) is 7.44. The van der Waals surface area contributed by atoms with Gasteiger partial charge in [-0.15, -0.1) is 11.8 Å². The summed E-state index contributed by atoms with van der Waals surface area (Å²) in [5.41, 5.74) is 4.13. The highest BCUT2D eigenvalue weighted by Crippen LogP contribution is 2.49. The van der Waals surface area contributed by atoms with Gasteiger partial charge in [0.05, 0.1) is 35.2 Å². The summed E-state index contributed by atoms with van der Waals surface area (Å²) in [6, 6.07) is 30.7. The van der Waals surface area contributed by atoms with Crippen molar-refractivity contribution >= 4 is 41.0 Å². The first-order valence-electron chi connectivity index (χ1n) is 12.8. The monoisotopic (exact) mass is 568 g/mol. The maximum absolute atomic E-state index is 13.8. The predicted octanol–water partition coefficient (Wildman–Crippen LogP) is 6.27. The summed E-state index contributed by atoms with van der Waals surface area (Å²) >= 11 is 8.22. The summed E-state index contributed by atoms with van der Waals surface area (Å²) in [7, 11) is 0. The molecule has 3 heterocycles. The molecule has 7 nitrogen and oxygen atoms in total. The Balaban J connectivity index is 1.53. The van der Waals surface area contributed by atoms with E-state index in [1.807, 2.05) is 84.9 Å². The quantitative estimate of drug-likeness (QED) is 0.250. The Morgan fingerprint density at radius 2 is 1.70 bits per heavy atom. The molecule has 1 N–H and O–H groups in total. The van der Waals surface area contributed by atoms with Gasteiger partial charge in [0, 0.05) is 16.1 Å². The largest absolute Gasteiger partial charge is 0.467 e. The van der Waals surface area contributed by atoms with E-state index in [1.165, 1.54) is 11.8 Å². The fraction of sp³-hybridized carbons (Fsp3) is 0.129. The van der Waals surface area contributed by atoms with E-state index in [9.17, 15) is 9.59 Å². The van der Waals surface area contributed by atoms with Crippen molar-refractivity contribution < 1.29 is 14.0 Å². The van der Waals surface area contributed by atoms with Gasteiger partial charge in [0.25, 0.3) is 0 Å². The van der Waals surface area contributed by atoms with Crippen LogP contribution in [0.3, 0.4) is 0 Å². The molecular formula is C31H25ClN4O3S. The lowest BCUT2D eigenvalue weighted by Gasteiger charge is -2.23. The zero-order chi connectivity index (χ0) is 27.5. The van der Waals surface area contributed by atoms with Crippen molar-refractivity contribution in [2.45, 2.75) is 11.8 Å². The van der Waals surface area contributed by atoms with Gasteiger partial charge in [0.15, 0.2) is 0 Å². The maximum Gasteiger partial charge on any atom is 0.240 e. The average molecular weight is 569 g/mol. The van der Waals surface area contributed by atoms with E-state index in [-0.39, 0.29) is 35.9 Å². The molecule has 0 fully saturated rings. The number of anilines is 1. The third kappa shape index (κ3) is 5.15. The Morgan fingerprint density at radius 3 is 2.42 bits per heavy atom. The molecule has 0 bridgehead atoms. The molecular weight excluding hydrogens is 544 g/mol. The van der Waals surface area contributed by atoms with Crippen LogP contribution in [0.15, 0.2) is 108 Å².